The molecule has 0 unspecified atom stereocenters. The first-order valence-electron chi connectivity index (χ1n) is 12.3. The lowest BCUT2D eigenvalue weighted by atomic mass is 9.54. The largest absolute Gasteiger partial charge is 0.431 e. The zero-order chi connectivity index (χ0) is 21.0. The number of allylic oxidation sites excluding steroid dienone is 3. The number of carbonyl (C=O) groups is 1. The van der Waals surface area contributed by atoms with Crippen molar-refractivity contribution in [2.24, 2.45) is 40.4 Å². The summed E-state index contributed by atoms with van der Waals surface area (Å²) in [4.78, 5) is 13.1. The van der Waals surface area contributed by atoms with E-state index >= 15 is 0 Å². The molecule has 6 atom stereocenters. The van der Waals surface area contributed by atoms with E-state index in [1.54, 1.807) is 0 Å². The Balaban J connectivity index is 1.57. The van der Waals surface area contributed by atoms with Crippen LogP contribution in [0, 0.1) is 40.4 Å². The first-order valence-corrected chi connectivity index (χ1v) is 12.3. The third kappa shape index (κ3) is 3.43. The van der Waals surface area contributed by atoms with Crippen LogP contribution >= 0.6 is 0 Å². The molecule has 162 valence electrons. The molecule has 4 rings (SSSR count). The molecule has 0 amide bonds. The summed E-state index contributed by atoms with van der Waals surface area (Å²) >= 11 is 0. The van der Waals surface area contributed by atoms with E-state index in [0.717, 1.165) is 49.2 Å². The van der Waals surface area contributed by atoms with Gasteiger partial charge < -0.3 is 4.74 Å². The molecule has 0 radical (unpaired) electrons. The topological polar surface area (TPSA) is 26.3 Å². The van der Waals surface area contributed by atoms with Gasteiger partial charge >= 0.3 is 5.97 Å². The van der Waals surface area contributed by atoms with Crippen molar-refractivity contribution in [3.05, 3.63) is 23.5 Å². The molecule has 2 heteroatoms. The van der Waals surface area contributed by atoms with Gasteiger partial charge in [-0.3, -0.25) is 4.79 Å². The molecule has 0 N–H and O–H groups in total. The van der Waals surface area contributed by atoms with E-state index in [1.807, 2.05) is 0 Å². The highest BCUT2D eigenvalue weighted by Gasteiger charge is 2.58. The maximum atomic E-state index is 13.1. The summed E-state index contributed by atoms with van der Waals surface area (Å²) in [6.45, 7) is 16.2. The molecule has 0 saturated heterocycles. The maximum Gasteiger partial charge on any atom is 0.315 e. The number of hydrogen-bond donors (Lipinski definition) is 0. The standard InChI is InChI=1S/C27H42O2/c1-17(2)8-7-9-19(4)20-10-11-21-24-22(13-15-26(20,21)5)27(6)14-12-18(3)16-23(27)25(28)29-24/h17,19-21,23H,3,7-16H2,1-2,4-6H3/t19-,20-,21+,23-,26-,27-/m1/s1. The quantitative estimate of drug-likeness (QED) is 0.355. The summed E-state index contributed by atoms with van der Waals surface area (Å²) in [5, 5.41) is 0. The molecule has 29 heavy (non-hydrogen) atoms. The van der Waals surface area contributed by atoms with Gasteiger partial charge in [0.05, 0.1) is 5.92 Å². The Bertz CT molecular complexity index is 716. The number of ether oxygens (including phenoxy) is 1. The van der Waals surface area contributed by atoms with Gasteiger partial charge in [-0.1, -0.05) is 66.0 Å². The normalized spacial score (nSPS) is 40.4. The Morgan fingerprint density at radius 2 is 1.83 bits per heavy atom. The van der Waals surface area contributed by atoms with Crippen LogP contribution in [0.25, 0.3) is 0 Å². The van der Waals surface area contributed by atoms with Crippen molar-refractivity contribution in [3.8, 4) is 0 Å². The lowest BCUT2D eigenvalue weighted by Crippen LogP contribution is -2.48. The predicted molar refractivity (Wildman–Crippen MR) is 119 cm³/mol. The fourth-order valence-electron chi connectivity index (χ4n) is 7.58. The molecule has 0 spiro atoms. The first-order chi connectivity index (χ1) is 13.7. The highest BCUT2D eigenvalue weighted by Crippen LogP contribution is 2.65. The van der Waals surface area contributed by atoms with Gasteiger partial charge in [0.15, 0.2) is 0 Å². The molecule has 1 heterocycles. The van der Waals surface area contributed by atoms with Crippen LogP contribution in [0.1, 0.15) is 98.8 Å². The van der Waals surface area contributed by atoms with Crippen molar-refractivity contribution in [1.29, 1.82) is 0 Å². The molecule has 0 aromatic rings. The van der Waals surface area contributed by atoms with Crippen LogP contribution in [-0.2, 0) is 9.53 Å². The number of fused-ring (bicyclic) bond motifs is 4. The third-order valence-corrected chi connectivity index (χ3v) is 9.51. The smallest absolute Gasteiger partial charge is 0.315 e. The fraction of sp³-hybridized carbons (Fsp3) is 0.815. The first kappa shape index (κ1) is 21.2. The summed E-state index contributed by atoms with van der Waals surface area (Å²) in [5.41, 5.74) is 3.04. The molecule has 4 aliphatic rings. The Kier molecular flexibility index (Phi) is 5.53. The number of hydrogen-bond acceptors (Lipinski definition) is 2. The molecule has 2 saturated carbocycles. The molecule has 3 aliphatic carbocycles. The van der Waals surface area contributed by atoms with Gasteiger partial charge in [0.1, 0.15) is 5.76 Å². The second kappa shape index (κ2) is 7.57. The molecular formula is C27H42O2. The number of rotatable bonds is 5. The van der Waals surface area contributed by atoms with Crippen LogP contribution in [0.5, 0.6) is 0 Å². The fourth-order valence-corrected chi connectivity index (χ4v) is 7.58. The van der Waals surface area contributed by atoms with Gasteiger partial charge in [-0.2, -0.15) is 0 Å². The minimum absolute atomic E-state index is 0.000914. The average Bonchev–Trinajstić information content (AvgIpc) is 3.00. The highest BCUT2D eigenvalue weighted by atomic mass is 16.5. The number of carbonyl (C=O) groups excluding carboxylic acids is 1. The van der Waals surface area contributed by atoms with Crippen molar-refractivity contribution >= 4 is 5.97 Å². The van der Waals surface area contributed by atoms with Crippen LogP contribution in [0.4, 0.5) is 0 Å². The predicted octanol–water partition coefficient (Wildman–Crippen LogP) is 7.45. The van der Waals surface area contributed by atoms with E-state index in [9.17, 15) is 4.79 Å². The molecule has 0 aromatic heterocycles. The molecule has 0 bridgehead atoms. The van der Waals surface area contributed by atoms with Crippen molar-refractivity contribution < 1.29 is 9.53 Å². The third-order valence-electron chi connectivity index (χ3n) is 9.51. The van der Waals surface area contributed by atoms with Gasteiger partial charge in [0.25, 0.3) is 0 Å². The zero-order valence-electron chi connectivity index (χ0n) is 19.5. The van der Waals surface area contributed by atoms with Gasteiger partial charge in [-0.15, -0.1) is 0 Å². The van der Waals surface area contributed by atoms with Crippen LogP contribution < -0.4 is 0 Å². The van der Waals surface area contributed by atoms with E-state index in [2.05, 4.69) is 41.2 Å². The summed E-state index contributed by atoms with van der Waals surface area (Å²) in [5.74, 6) is 3.94. The average molecular weight is 399 g/mol. The van der Waals surface area contributed by atoms with E-state index in [4.69, 9.17) is 4.74 Å². The molecule has 2 fully saturated rings. The van der Waals surface area contributed by atoms with E-state index in [-0.39, 0.29) is 17.3 Å². The van der Waals surface area contributed by atoms with Crippen LogP contribution in [-0.4, -0.2) is 5.97 Å². The molecule has 2 nitrogen and oxygen atoms in total. The minimum atomic E-state index is -0.000914. The highest BCUT2D eigenvalue weighted by molar-refractivity contribution is 5.78. The Labute approximate surface area is 178 Å². The summed E-state index contributed by atoms with van der Waals surface area (Å²) in [6, 6.07) is 0. The lowest BCUT2D eigenvalue weighted by molar-refractivity contribution is -0.155. The van der Waals surface area contributed by atoms with Crippen LogP contribution in [0.15, 0.2) is 23.5 Å². The van der Waals surface area contributed by atoms with Gasteiger partial charge in [0.2, 0.25) is 0 Å². The van der Waals surface area contributed by atoms with E-state index in [0.29, 0.717) is 11.3 Å². The summed E-state index contributed by atoms with van der Waals surface area (Å²) < 4.78 is 6.19. The van der Waals surface area contributed by atoms with Gasteiger partial charge in [0, 0.05) is 11.3 Å². The Morgan fingerprint density at radius 3 is 2.55 bits per heavy atom. The zero-order valence-corrected chi connectivity index (χ0v) is 19.5. The van der Waals surface area contributed by atoms with E-state index in [1.165, 1.54) is 49.7 Å². The SMILES string of the molecule is C=C1CC[C@]2(C)C3=C(OC(=O)[C@H]2C1)[C@@H]1CC[C@H]([C@H](C)CCCC(C)C)[C@@]1(C)CC3. The second-order valence-corrected chi connectivity index (χ2v) is 11.7. The lowest BCUT2D eigenvalue weighted by Gasteiger charge is -2.52. The van der Waals surface area contributed by atoms with Gasteiger partial charge in [-0.05, 0) is 73.7 Å². The molecular weight excluding hydrogens is 356 g/mol. The van der Waals surface area contributed by atoms with Gasteiger partial charge in [-0.25, -0.2) is 0 Å². The van der Waals surface area contributed by atoms with E-state index < -0.39 is 0 Å². The van der Waals surface area contributed by atoms with Crippen LogP contribution in [0.2, 0.25) is 0 Å². The van der Waals surface area contributed by atoms with Crippen molar-refractivity contribution in [1.82, 2.24) is 0 Å². The van der Waals surface area contributed by atoms with Crippen molar-refractivity contribution in [2.75, 3.05) is 0 Å². The summed E-state index contributed by atoms with van der Waals surface area (Å²) in [7, 11) is 0. The summed E-state index contributed by atoms with van der Waals surface area (Å²) in [6.07, 6.45) is 11.9. The molecule has 1 aliphatic heterocycles. The Hall–Kier alpha value is -1.05. The Morgan fingerprint density at radius 1 is 1.07 bits per heavy atom. The minimum Gasteiger partial charge on any atom is -0.431 e. The number of esters is 1. The maximum absolute atomic E-state index is 13.1. The monoisotopic (exact) mass is 398 g/mol. The second-order valence-electron chi connectivity index (χ2n) is 11.7. The van der Waals surface area contributed by atoms with Crippen molar-refractivity contribution in [3.63, 3.8) is 0 Å². The van der Waals surface area contributed by atoms with Crippen LogP contribution in [0.3, 0.4) is 0 Å². The van der Waals surface area contributed by atoms with Crippen molar-refractivity contribution in [2.45, 2.75) is 98.8 Å². The molecule has 0 aromatic carbocycles.